The maximum Gasteiger partial charge on any atom is 0.176 e. The lowest BCUT2D eigenvalue weighted by molar-refractivity contribution is 0.0866. The summed E-state index contributed by atoms with van der Waals surface area (Å²) in [4.78, 5) is 14.7. The predicted octanol–water partition coefficient (Wildman–Crippen LogP) is 4.02. The smallest absolute Gasteiger partial charge is 0.176 e. The highest BCUT2D eigenvalue weighted by atomic mass is 16.1. The van der Waals surface area contributed by atoms with Crippen molar-refractivity contribution in [3.63, 3.8) is 0 Å². The number of ketones is 1. The number of benzene rings is 1. The molecule has 0 radical (unpaired) electrons. The van der Waals surface area contributed by atoms with Gasteiger partial charge < -0.3 is 0 Å². The number of rotatable bonds is 8. The van der Waals surface area contributed by atoms with Gasteiger partial charge in [-0.2, -0.15) is 0 Å². The van der Waals surface area contributed by atoms with Crippen LogP contribution in [0.2, 0.25) is 0 Å². The van der Waals surface area contributed by atoms with Gasteiger partial charge in [-0.1, -0.05) is 58.0 Å². The Labute approximate surface area is 117 Å². The van der Waals surface area contributed by atoms with Gasteiger partial charge >= 0.3 is 0 Å². The first-order valence-corrected chi connectivity index (χ1v) is 7.40. The average molecular weight is 261 g/mol. The second-order valence-corrected chi connectivity index (χ2v) is 5.58. The molecule has 0 saturated heterocycles. The molecule has 2 heteroatoms. The summed E-state index contributed by atoms with van der Waals surface area (Å²) in [7, 11) is 0. The minimum absolute atomic E-state index is 0.230. The molecular weight excluding hydrogens is 234 g/mol. The SMILES string of the molecule is CCC(CC)N(CC(=O)c1ccccc1)CC(C)C. The minimum atomic E-state index is 0.230. The van der Waals surface area contributed by atoms with Gasteiger partial charge in [-0.3, -0.25) is 9.69 Å². The lowest BCUT2D eigenvalue weighted by Crippen LogP contribution is -2.40. The Morgan fingerprint density at radius 3 is 2.16 bits per heavy atom. The van der Waals surface area contributed by atoms with Gasteiger partial charge in [0.2, 0.25) is 0 Å². The van der Waals surface area contributed by atoms with Gasteiger partial charge in [-0.15, -0.1) is 0 Å². The maximum absolute atomic E-state index is 12.3. The van der Waals surface area contributed by atoms with Crippen molar-refractivity contribution in [3.8, 4) is 0 Å². The molecule has 1 aromatic rings. The summed E-state index contributed by atoms with van der Waals surface area (Å²) in [6.45, 7) is 10.4. The third-order valence-electron chi connectivity index (χ3n) is 3.50. The van der Waals surface area contributed by atoms with Gasteiger partial charge in [0.25, 0.3) is 0 Å². The molecule has 0 saturated carbocycles. The Hall–Kier alpha value is -1.15. The molecule has 0 aromatic heterocycles. The first-order chi connectivity index (χ1) is 9.08. The zero-order chi connectivity index (χ0) is 14.3. The molecule has 0 heterocycles. The van der Waals surface area contributed by atoms with Crippen LogP contribution in [-0.2, 0) is 0 Å². The Kier molecular flexibility index (Phi) is 6.79. The van der Waals surface area contributed by atoms with Crippen LogP contribution >= 0.6 is 0 Å². The molecule has 0 fully saturated rings. The van der Waals surface area contributed by atoms with Crippen LogP contribution < -0.4 is 0 Å². The third-order valence-corrected chi connectivity index (χ3v) is 3.50. The number of carbonyl (C=O) groups is 1. The fraction of sp³-hybridized carbons (Fsp3) is 0.588. The van der Waals surface area contributed by atoms with E-state index in [-0.39, 0.29) is 5.78 Å². The molecule has 0 aliphatic carbocycles. The van der Waals surface area contributed by atoms with Crippen molar-refractivity contribution in [1.29, 1.82) is 0 Å². The van der Waals surface area contributed by atoms with Gasteiger partial charge in [0.15, 0.2) is 5.78 Å². The Balaban J connectivity index is 2.74. The lowest BCUT2D eigenvalue weighted by atomic mass is 10.0. The number of nitrogens with zero attached hydrogens (tertiary/aromatic N) is 1. The zero-order valence-corrected chi connectivity index (χ0v) is 12.7. The molecule has 1 rings (SSSR count). The lowest BCUT2D eigenvalue weighted by Gasteiger charge is -2.31. The molecule has 0 aliphatic heterocycles. The molecule has 0 bridgehead atoms. The molecule has 1 aromatic carbocycles. The van der Waals surface area contributed by atoms with Crippen molar-refractivity contribution in [2.24, 2.45) is 5.92 Å². The highest BCUT2D eigenvalue weighted by Crippen LogP contribution is 2.13. The summed E-state index contributed by atoms with van der Waals surface area (Å²) >= 11 is 0. The molecule has 0 atom stereocenters. The maximum atomic E-state index is 12.3. The van der Waals surface area contributed by atoms with E-state index in [1.807, 2.05) is 30.3 Å². The van der Waals surface area contributed by atoms with E-state index in [0.29, 0.717) is 18.5 Å². The van der Waals surface area contributed by atoms with Gasteiger partial charge in [-0.05, 0) is 18.8 Å². The summed E-state index contributed by atoms with van der Waals surface area (Å²) < 4.78 is 0. The van der Waals surface area contributed by atoms with Crippen LogP contribution in [0.5, 0.6) is 0 Å². The largest absolute Gasteiger partial charge is 0.293 e. The molecule has 0 aliphatic rings. The average Bonchev–Trinajstić information content (AvgIpc) is 2.40. The van der Waals surface area contributed by atoms with E-state index in [4.69, 9.17) is 0 Å². The van der Waals surface area contributed by atoms with E-state index < -0.39 is 0 Å². The molecule has 106 valence electrons. The fourth-order valence-electron chi connectivity index (χ4n) is 2.52. The second kappa shape index (κ2) is 8.11. The predicted molar refractivity (Wildman–Crippen MR) is 81.6 cm³/mol. The second-order valence-electron chi connectivity index (χ2n) is 5.58. The first kappa shape index (κ1) is 15.9. The summed E-state index contributed by atoms with van der Waals surface area (Å²) in [6, 6.07) is 10.1. The topological polar surface area (TPSA) is 20.3 Å². The van der Waals surface area contributed by atoms with Crippen molar-refractivity contribution in [2.75, 3.05) is 13.1 Å². The Bertz CT molecular complexity index is 368. The standard InChI is InChI=1S/C17H27NO/c1-5-16(6-2)18(12-14(3)4)13-17(19)15-10-8-7-9-11-15/h7-11,14,16H,5-6,12-13H2,1-4H3. The van der Waals surface area contributed by atoms with Crippen molar-refractivity contribution in [3.05, 3.63) is 35.9 Å². The quantitative estimate of drug-likeness (QED) is 0.659. The molecule has 0 amide bonds. The van der Waals surface area contributed by atoms with Crippen molar-refractivity contribution in [1.82, 2.24) is 4.90 Å². The van der Waals surface area contributed by atoms with Crippen LogP contribution in [0.1, 0.15) is 50.9 Å². The van der Waals surface area contributed by atoms with E-state index in [1.54, 1.807) is 0 Å². The molecule has 2 nitrogen and oxygen atoms in total. The number of hydrogen-bond donors (Lipinski definition) is 0. The fourth-order valence-corrected chi connectivity index (χ4v) is 2.52. The highest BCUT2D eigenvalue weighted by Gasteiger charge is 2.19. The highest BCUT2D eigenvalue weighted by molar-refractivity contribution is 5.97. The summed E-state index contributed by atoms with van der Waals surface area (Å²) in [5.41, 5.74) is 0.821. The number of carbonyl (C=O) groups excluding carboxylic acids is 1. The van der Waals surface area contributed by atoms with Gasteiger partial charge in [-0.25, -0.2) is 0 Å². The molecule has 19 heavy (non-hydrogen) atoms. The van der Waals surface area contributed by atoms with Crippen LogP contribution in [0.15, 0.2) is 30.3 Å². The van der Waals surface area contributed by atoms with Gasteiger partial charge in [0.05, 0.1) is 6.54 Å². The van der Waals surface area contributed by atoms with E-state index in [1.165, 1.54) is 0 Å². The van der Waals surface area contributed by atoms with Crippen LogP contribution in [0, 0.1) is 5.92 Å². The van der Waals surface area contributed by atoms with Crippen LogP contribution in [0.25, 0.3) is 0 Å². The van der Waals surface area contributed by atoms with Crippen LogP contribution in [0.3, 0.4) is 0 Å². The molecule has 0 spiro atoms. The summed E-state index contributed by atoms with van der Waals surface area (Å²) in [6.07, 6.45) is 2.20. The number of hydrogen-bond acceptors (Lipinski definition) is 2. The zero-order valence-electron chi connectivity index (χ0n) is 12.7. The van der Waals surface area contributed by atoms with Gasteiger partial charge in [0, 0.05) is 18.2 Å². The first-order valence-electron chi connectivity index (χ1n) is 7.40. The van der Waals surface area contributed by atoms with Crippen molar-refractivity contribution in [2.45, 2.75) is 46.6 Å². The summed E-state index contributed by atoms with van der Waals surface area (Å²) in [5, 5.41) is 0. The van der Waals surface area contributed by atoms with Crippen LogP contribution in [-0.4, -0.2) is 29.8 Å². The Morgan fingerprint density at radius 2 is 1.68 bits per heavy atom. The number of Topliss-reactive ketones (excluding diaryl/α,β-unsaturated/α-hetero) is 1. The van der Waals surface area contributed by atoms with E-state index in [9.17, 15) is 4.79 Å². The third kappa shape index (κ3) is 5.15. The normalized spacial score (nSPS) is 11.5. The molecule has 0 unspecified atom stereocenters. The molecule has 0 N–H and O–H groups in total. The monoisotopic (exact) mass is 261 g/mol. The summed E-state index contributed by atoms with van der Waals surface area (Å²) in [5.74, 6) is 0.817. The van der Waals surface area contributed by atoms with E-state index in [2.05, 4.69) is 32.6 Å². The van der Waals surface area contributed by atoms with Crippen molar-refractivity contribution >= 4 is 5.78 Å². The Morgan fingerprint density at radius 1 is 1.11 bits per heavy atom. The van der Waals surface area contributed by atoms with E-state index >= 15 is 0 Å². The van der Waals surface area contributed by atoms with Crippen LogP contribution in [0.4, 0.5) is 0 Å². The van der Waals surface area contributed by atoms with Gasteiger partial charge in [0.1, 0.15) is 0 Å². The molecular formula is C17H27NO. The minimum Gasteiger partial charge on any atom is -0.293 e. The van der Waals surface area contributed by atoms with Crippen molar-refractivity contribution < 1.29 is 4.79 Å². The van der Waals surface area contributed by atoms with E-state index in [0.717, 1.165) is 24.9 Å².